The first-order chi connectivity index (χ1) is 15.3. The molecule has 1 saturated heterocycles. The van der Waals surface area contributed by atoms with Gasteiger partial charge in [0.15, 0.2) is 0 Å². The fraction of sp³-hybridized carbons (Fsp3) is 0.545. The number of carbonyl (C=O) groups excluding carboxylic acids is 3. The highest BCUT2D eigenvalue weighted by Gasteiger charge is 2.37. The quantitative estimate of drug-likeness (QED) is 0.266. The lowest BCUT2D eigenvalue weighted by atomic mass is 10.0. The van der Waals surface area contributed by atoms with Crippen LogP contribution in [0.4, 0.5) is 0 Å². The van der Waals surface area contributed by atoms with Gasteiger partial charge in [0.05, 0.1) is 6.04 Å². The van der Waals surface area contributed by atoms with Crippen molar-refractivity contribution < 1.29 is 24.3 Å². The molecule has 0 aliphatic carbocycles. The van der Waals surface area contributed by atoms with Crippen molar-refractivity contribution in [3.63, 3.8) is 0 Å². The largest absolute Gasteiger partial charge is 0.480 e. The number of carboxylic acid groups (broad SMARTS) is 1. The van der Waals surface area contributed by atoms with Gasteiger partial charge in [-0.2, -0.15) is 0 Å². The summed E-state index contributed by atoms with van der Waals surface area (Å²) in [6, 6.07) is 6.70. The van der Waals surface area contributed by atoms with E-state index in [1.54, 1.807) is 0 Å². The van der Waals surface area contributed by atoms with Gasteiger partial charge in [-0.15, -0.1) is 0 Å². The highest BCUT2D eigenvalue weighted by Crippen LogP contribution is 2.20. The zero-order valence-corrected chi connectivity index (χ0v) is 18.2. The lowest BCUT2D eigenvalue weighted by Gasteiger charge is -2.28. The van der Waals surface area contributed by atoms with E-state index in [2.05, 4.69) is 10.6 Å². The van der Waals surface area contributed by atoms with E-state index in [1.807, 2.05) is 30.3 Å². The molecule has 3 unspecified atom stereocenters. The van der Waals surface area contributed by atoms with Gasteiger partial charge in [-0.25, -0.2) is 0 Å². The molecule has 10 nitrogen and oxygen atoms in total. The molecule has 10 heteroatoms. The number of nitrogens with zero attached hydrogens (tertiary/aromatic N) is 1. The molecule has 1 heterocycles. The number of unbranched alkanes of at least 4 members (excludes halogenated alkanes) is 1. The Kier molecular flexibility index (Phi) is 10.1. The number of nitrogens with two attached hydrogens (primary N) is 2. The fourth-order valence-electron chi connectivity index (χ4n) is 3.76. The Morgan fingerprint density at radius 1 is 1.16 bits per heavy atom. The van der Waals surface area contributed by atoms with Crippen molar-refractivity contribution in [1.29, 1.82) is 0 Å². The molecule has 176 valence electrons. The number of hydrogen-bond donors (Lipinski definition) is 5. The van der Waals surface area contributed by atoms with Gasteiger partial charge < -0.3 is 32.1 Å². The monoisotopic (exact) mass is 447 g/mol. The second-order valence-electron chi connectivity index (χ2n) is 7.94. The van der Waals surface area contributed by atoms with Crippen LogP contribution >= 0.6 is 0 Å². The molecule has 1 fully saturated rings. The topological polar surface area (TPSA) is 168 Å². The first-order valence-corrected chi connectivity index (χ1v) is 10.9. The number of nitrogens with one attached hydrogen (secondary N) is 2. The van der Waals surface area contributed by atoms with Crippen LogP contribution in [0.1, 0.15) is 37.7 Å². The van der Waals surface area contributed by atoms with Crippen molar-refractivity contribution in [3.8, 4) is 0 Å². The molecule has 0 bridgehead atoms. The van der Waals surface area contributed by atoms with Crippen molar-refractivity contribution in [2.45, 2.75) is 56.7 Å². The fourth-order valence-corrected chi connectivity index (χ4v) is 3.76. The number of carboxylic acids is 1. The van der Waals surface area contributed by atoms with E-state index in [9.17, 15) is 19.2 Å². The average molecular weight is 448 g/mol. The van der Waals surface area contributed by atoms with Crippen LogP contribution in [-0.2, 0) is 25.6 Å². The van der Waals surface area contributed by atoms with Crippen LogP contribution in [-0.4, -0.2) is 71.5 Å². The van der Waals surface area contributed by atoms with Crippen molar-refractivity contribution in [2.75, 3.05) is 19.6 Å². The molecule has 7 N–H and O–H groups in total. The number of amides is 3. The van der Waals surface area contributed by atoms with Crippen molar-refractivity contribution in [2.24, 2.45) is 11.5 Å². The average Bonchev–Trinajstić information content (AvgIpc) is 3.27. The number of likely N-dealkylation sites (tertiary alicyclic amines) is 1. The molecule has 0 aromatic heterocycles. The van der Waals surface area contributed by atoms with Crippen molar-refractivity contribution in [3.05, 3.63) is 35.9 Å². The van der Waals surface area contributed by atoms with E-state index < -0.39 is 42.5 Å². The van der Waals surface area contributed by atoms with Gasteiger partial charge >= 0.3 is 5.97 Å². The van der Waals surface area contributed by atoms with Crippen LogP contribution in [0, 0.1) is 0 Å². The van der Waals surface area contributed by atoms with Gasteiger partial charge in [-0.3, -0.25) is 19.2 Å². The second-order valence-corrected chi connectivity index (χ2v) is 7.94. The van der Waals surface area contributed by atoms with Gasteiger partial charge in [0.2, 0.25) is 17.7 Å². The minimum absolute atomic E-state index is 0.192. The maximum Gasteiger partial charge on any atom is 0.322 e. The molecule has 0 radical (unpaired) electrons. The third-order valence-electron chi connectivity index (χ3n) is 5.45. The summed E-state index contributed by atoms with van der Waals surface area (Å²) >= 11 is 0. The van der Waals surface area contributed by atoms with Gasteiger partial charge in [0.25, 0.3) is 0 Å². The zero-order valence-electron chi connectivity index (χ0n) is 18.2. The Morgan fingerprint density at radius 3 is 2.53 bits per heavy atom. The molecule has 3 amide bonds. The summed E-state index contributed by atoms with van der Waals surface area (Å²) in [5.41, 5.74) is 12.3. The maximum absolute atomic E-state index is 13.0. The Hall–Kier alpha value is -2.98. The Balaban J connectivity index is 2.06. The Bertz CT molecular complexity index is 788. The van der Waals surface area contributed by atoms with Crippen LogP contribution in [0.3, 0.4) is 0 Å². The first kappa shape index (κ1) is 25.3. The minimum atomic E-state index is -1.18. The van der Waals surface area contributed by atoms with Crippen molar-refractivity contribution >= 4 is 23.7 Å². The summed E-state index contributed by atoms with van der Waals surface area (Å²) in [5.74, 6) is -2.51. The molecule has 2 rings (SSSR count). The molecule has 3 atom stereocenters. The first-order valence-electron chi connectivity index (χ1n) is 10.9. The van der Waals surface area contributed by atoms with Crippen LogP contribution in [0.2, 0.25) is 0 Å². The maximum atomic E-state index is 13.0. The number of aliphatic carboxylic acids is 1. The number of rotatable bonds is 12. The molecule has 1 aliphatic rings. The van der Waals surface area contributed by atoms with Crippen LogP contribution in [0.15, 0.2) is 30.3 Å². The van der Waals surface area contributed by atoms with Crippen LogP contribution in [0.25, 0.3) is 0 Å². The second kappa shape index (κ2) is 12.8. The summed E-state index contributed by atoms with van der Waals surface area (Å²) < 4.78 is 0. The summed E-state index contributed by atoms with van der Waals surface area (Å²) in [5, 5.41) is 13.9. The van der Waals surface area contributed by atoms with Crippen LogP contribution in [0.5, 0.6) is 0 Å². The number of hydrogen-bond acceptors (Lipinski definition) is 6. The number of carbonyl (C=O) groups is 4. The van der Waals surface area contributed by atoms with E-state index in [0.717, 1.165) is 18.4 Å². The molecule has 1 aromatic rings. The van der Waals surface area contributed by atoms with E-state index in [1.165, 1.54) is 4.90 Å². The number of benzene rings is 1. The predicted octanol–water partition coefficient (Wildman–Crippen LogP) is -0.638. The summed E-state index contributed by atoms with van der Waals surface area (Å²) in [6.45, 7) is 0.407. The highest BCUT2D eigenvalue weighted by molar-refractivity contribution is 5.94. The summed E-state index contributed by atoms with van der Waals surface area (Å²) in [7, 11) is 0. The SMILES string of the molecule is NCCCCC(N)C(=O)N1CCCC1C(=O)NC(Cc1ccccc1)C(=O)NCC(=O)O. The summed E-state index contributed by atoms with van der Waals surface area (Å²) in [4.78, 5) is 50.7. The molecular weight excluding hydrogens is 414 g/mol. The molecule has 0 saturated carbocycles. The molecule has 0 spiro atoms. The van der Waals surface area contributed by atoms with Gasteiger partial charge in [0.1, 0.15) is 18.6 Å². The lowest BCUT2D eigenvalue weighted by Crippen LogP contribution is -2.56. The van der Waals surface area contributed by atoms with E-state index in [4.69, 9.17) is 16.6 Å². The van der Waals surface area contributed by atoms with E-state index in [0.29, 0.717) is 32.4 Å². The standard InChI is InChI=1S/C22H33N5O5/c23-11-5-4-9-16(24)22(32)27-12-6-10-18(27)21(31)26-17(20(30)25-14-19(28)29)13-15-7-2-1-3-8-15/h1-3,7-8,16-18H,4-6,9-14,23-24H2,(H,25,30)(H,26,31)(H,28,29). The third-order valence-corrected chi connectivity index (χ3v) is 5.45. The molecule has 32 heavy (non-hydrogen) atoms. The van der Waals surface area contributed by atoms with Gasteiger partial charge in [0, 0.05) is 13.0 Å². The van der Waals surface area contributed by atoms with Gasteiger partial charge in [-0.1, -0.05) is 36.8 Å². The van der Waals surface area contributed by atoms with E-state index in [-0.39, 0.29) is 12.3 Å². The lowest BCUT2D eigenvalue weighted by molar-refractivity contribution is -0.141. The summed E-state index contributed by atoms with van der Waals surface area (Å²) in [6.07, 6.45) is 3.33. The molecular formula is C22H33N5O5. The third kappa shape index (κ3) is 7.61. The zero-order chi connectivity index (χ0) is 23.5. The van der Waals surface area contributed by atoms with Gasteiger partial charge in [-0.05, 0) is 37.8 Å². The normalized spacial score (nSPS) is 17.4. The van der Waals surface area contributed by atoms with E-state index >= 15 is 0 Å². The predicted molar refractivity (Wildman–Crippen MR) is 118 cm³/mol. The Labute approximate surface area is 187 Å². The smallest absolute Gasteiger partial charge is 0.322 e. The molecule has 1 aromatic carbocycles. The molecule has 1 aliphatic heterocycles. The minimum Gasteiger partial charge on any atom is -0.480 e. The Morgan fingerprint density at radius 2 is 1.88 bits per heavy atom. The van der Waals surface area contributed by atoms with Crippen LogP contribution < -0.4 is 22.1 Å². The highest BCUT2D eigenvalue weighted by atomic mass is 16.4. The van der Waals surface area contributed by atoms with Crippen molar-refractivity contribution in [1.82, 2.24) is 15.5 Å².